The predicted octanol–water partition coefficient (Wildman–Crippen LogP) is 3.89. The fourth-order valence-electron chi connectivity index (χ4n) is 1.85. The average Bonchev–Trinajstić information content (AvgIpc) is 2.45. The summed E-state index contributed by atoms with van der Waals surface area (Å²) in [6.45, 7) is 3.81. The molecule has 0 bridgehead atoms. The Morgan fingerprint density at radius 1 is 1.25 bits per heavy atom. The first-order valence-corrected chi connectivity index (χ1v) is 8.36. The number of nitrogens with one attached hydrogen (secondary N) is 1. The smallest absolute Gasteiger partial charge is 0.341 e. The van der Waals surface area contributed by atoms with Crippen molar-refractivity contribution < 1.29 is 17.2 Å². The van der Waals surface area contributed by atoms with Gasteiger partial charge in [0.1, 0.15) is 0 Å². The van der Waals surface area contributed by atoms with Crippen LogP contribution in [0.5, 0.6) is 0 Å². The highest BCUT2D eigenvalue weighted by Crippen LogP contribution is 2.31. The molecule has 0 atom stereocenters. The monoisotopic (exact) mass is 325 g/mol. The van der Waals surface area contributed by atoms with Crippen molar-refractivity contribution >= 4 is 27.1 Å². The summed E-state index contributed by atoms with van der Waals surface area (Å²) in [5.41, 5.74) is -0.355. The second-order valence-electron chi connectivity index (χ2n) is 4.55. The van der Waals surface area contributed by atoms with Gasteiger partial charge >= 0.3 is 5.76 Å². The molecule has 0 amide bonds. The van der Waals surface area contributed by atoms with Crippen molar-refractivity contribution in [3.05, 3.63) is 24.3 Å². The molecule has 0 unspecified atom stereocenters. The van der Waals surface area contributed by atoms with E-state index in [4.69, 9.17) is 11.6 Å². The number of hydrogen-bond donors (Lipinski definition) is 1. The fraction of sp³-hybridized carbons (Fsp3) is 0.538. The molecule has 114 valence electrons. The lowest BCUT2D eigenvalue weighted by Crippen LogP contribution is -2.39. The van der Waals surface area contributed by atoms with Gasteiger partial charge in [0.2, 0.25) is 9.84 Å². The molecule has 0 heterocycles. The van der Waals surface area contributed by atoms with Crippen LogP contribution in [0.25, 0.3) is 0 Å². The Labute approximate surface area is 123 Å². The number of benzene rings is 1. The van der Waals surface area contributed by atoms with Crippen LogP contribution < -0.4 is 5.32 Å². The van der Waals surface area contributed by atoms with Gasteiger partial charge in [0.15, 0.2) is 0 Å². The van der Waals surface area contributed by atoms with Gasteiger partial charge in [0.25, 0.3) is 0 Å². The summed E-state index contributed by atoms with van der Waals surface area (Å²) in [5.74, 6) is -3.19. The van der Waals surface area contributed by atoms with E-state index in [1.165, 1.54) is 18.2 Å². The van der Waals surface area contributed by atoms with E-state index >= 15 is 0 Å². The Balaban J connectivity index is 3.28. The Morgan fingerprint density at radius 3 is 2.25 bits per heavy atom. The highest BCUT2D eigenvalue weighted by Gasteiger charge is 2.32. The number of alkyl halides is 3. The second kappa shape index (κ2) is 6.72. The average molecular weight is 326 g/mol. The summed E-state index contributed by atoms with van der Waals surface area (Å²) >= 11 is 5.94. The van der Waals surface area contributed by atoms with Crippen LogP contribution in [0.1, 0.15) is 26.7 Å². The van der Waals surface area contributed by atoms with Gasteiger partial charge in [-0.15, -0.1) is 11.6 Å². The molecule has 7 heteroatoms. The highest BCUT2D eigenvalue weighted by atomic mass is 35.5. The van der Waals surface area contributed by atoms with Crippen molar-refractivity contribution in [3.63, 3.8) is 0 Å². The third-order valence-corrected chi connectivity index (χ3v) is 5.39. The molecule has 0 aliphatic rings. The van der Waals surface area contributed by atoms with E-state index in [1.807, 2.05) is 13.8 Å². The third kappa shape index (κ3) is 3.41. The summed E-state index contributed by atoms with van der Waals surface area (Å²) in [5, 5.41) is 3.03. The van der Waals surface area contributed by atoms with E-state index < -0.39 is 26.0 Å². The van der Waals surface area contributed by atoms with E-state index in [1.54, 1.807) is 6.07 Å². The second-order valence-corrected chi connectivity index (χ2v) is 6.70. The van der Waals surface area contributed by atoms with E-state index in [-0.39, 0.29) is 11.6 Å². The SMILES string of the molecule is CCC(CC)(CCl)Nc1ccccc1S(=O)(=O)C(F)F. The van der Waals surface area contributed by atoms with Crippen LogP contribution in [0.15, 0.2) is 29.2 Å². The molecule has 1 rings (SSSR count). The predicted molar refractivity (Wildman–Crippen MR) is 77.3 cm³/mol. The first-order chi connectivity index (χ1) is 9.33. The molecule has 1 aromatic rings. The fourth-order valence-corrected chi connectivity index (χ4v) is 3.18. The maximum absolute atomic E-state index is 12.7. The van der Waals surface area contributed by atoms with Crippen molar-refractivity contribution in [1.82, 2.24) is 0 Å². The van der Waals surface area contributed by atoms with Gasteiger partial charge in [-0.05, 0) is 25.0 Å². The summed E-state index contributed by atoms with van der Waals surface area (Å²) in [4.78, 5) is -0.397. The third-order valence-electron chi connectivity index (χ3n) is 3.44. The Bertz CT molecular complexity index is 537. The van der Waals surface area contributed by atoms with Crippen LogP contribution >= 0.6 is 11.6 Å². The Morgan fingerprint density at radius 2 is 1.80 bits per heavy atom. The zero-order valence-electron chi connectivity index (χ0n) is 11.4. The van der Waals surface area contributed by atoms with Crippen LogP contribution in [0.3, 0.4) is 0 Å². The van der Waals surface area contributed by atoms with Crippen molar-refractivity contribution in [2.24, 2.45) is 0 Å². The molecular formula is C13H18ClF2NO2S. The quantitative estimate of drug-likeness (QED) is 0.773. The van der Waals surface area contributed by atoms with E-state index in [2.05, 4.69) is 5.32 Å². The van der Waals surface area contributed by atoms with Crippen molar-refractivity contribution in [2.75, 3.05) is 11.2 Å². The van der Waals surface area contributed by atoms with E-state index in [0.29, 0.717) is 12.8 Å². The number of anilines is 1. The molecule has 0 aliphatic heterocycles. The zero-order chi connectivity index (χ0) is 15.4. The normalized spacial score (nSPS) is 12.7. The van der Waals surface area contributed by atoms with Crippen LogP contribution in [-0.4, -0.2) is 25.6 Å². The summed E-state index contributed by atoms with van der Waals surface area (Å²) in [7, 11) is -4.64. The van der Waals surface area contributed by atoms with Gasteiger partial charge < -0.3 is 5.32 Å². The number of halogens is 3. The molecule has 0 spiro atoms. The molecule has 0 fully saturated rings. The van der Waals surface area contributed by atoms with Gasteiger partial charge in [-0.3, -0.25) is 0 Å². The lowest BCUT2D eigenvalue weighted by molar-refractivity contribution is 0.235. The number of sulfone groups is 1. The van der Waals surface area contributed by atoms with Crippen molar-refractivity contribution in [2.45, 2.75) is 42.9 Å². The molecular weight excluding hydrogens is 308 g/mol. The number of rotatable bonds is 7. The van der Waals surface area contributed by atoms with Gasteiger partial charge in [0, 0.05) is 5.88 Å². The van der Waals surface area contributed by atoms with Crippen LogP contribution in [0.4, 0.5) is 14.5 Å². The Kier molecular flexibility index (Phi) is 5.77. The molecule has 20 heavy (non-hydrogen) atoms. The first-order valence-electron chi connectivity index (χ1n) is 6.28. The highest BCUT2D eigenvalue weighted by molar-refractivity contribution is 7.91. The standard InChI is InChI=1S/C13H18ClF2NO2S/c1-3-13(4-2,9-14)17-10-7-5-6-8-11(10)20(18,19)12(15)16/h5-8,12,17H,3-4,9H2,1-2H3. The van der Waals surface area contributed by atoms with Crippen molar-refractivity contribution in [3.8, 4) is 0 Å². The molecule has 1 N–H and O–H groups in total. The van der Waals surface area contributed by atoms with Gasteiger partial charge in [-0.2, -0.15) is 8.78 Å². The van der Waals surface area contributed by atoms with E-state index in [9.17, 15) is 17.2 Å². The summed E-state index contributed by atoms with van der Waals surface area (Å²) < 4.78 is 48.8. The van der Waals surface area contributed by atoms with Gasteiger partial charge in [0.05, 0.1) is 16.1 Å². The lowest BCUT2D eigenvalue weighted by atomic mass is 9.95. The molecule has 1 aromatic carbocycles. The van der Waals surface area contributed by atoms with Crippen LogP contribution in [-0.2, 0) is 9.84 Å². The maximum atomic E-state index is 12.7. The van der Waals surface area contributed by atoms with Crippen LogP contribution in [0, 0.1) is 0 Å². The molecule has 0 saturated carbocycles. The molecule has 3 nitrogen and oxygen atoms in total. The van der Waals surface area contributed by atoms with Gasteiger partial charge in [-0.1, -0.05) is 26.0 Å². The minimum Gasteiger partial charge on any atom is -0.377 e. The molecule has 0 saturated heterocycles. The zero-order valence-corrected chi connectivity index (χ0v) is 12.9. The van der Waals surface area contributed by atoms with Gasteiger partial charge in [-0.25, -0.2) is 8.42 Å². The summed E-state index contributed by atoms with van der Waals surface area (Å²) in [6.07, 6.45) is 1.30. The maximum Gasteiger partial charge on any atom is 0.341 e. The molecule has 0 aromatic heterocycles. The lowest BCUT2D eigenvalue weighted by Gasteiger charge is -2.32. The minimum atomic E-state index is -4.64. The Hall–Kier alpha value is -0.880. The number of hydrogen-bond acceptors (Lipinski definition) is 3. The largest absolute Gasteiger partial charge is 0.377 e. The van der Waals surface area contributed by atoms with E-state index in [0.717, 1.165) is 0 Å². The molecule has 0 aliphatic carbocycles. The first kappa shape index (κ1) is 17.2. The van der Waals surface area contributed by atoms with Crippen LogP contribution in [0.2, 0.25) is 0 Å². The molecule has 0 radical (unpaired) electrons. The summed E-state index contributed by atoms with van der Waals surface area (Å²) in [6, 6.07) is 5.66. The topological polar surface area (TPSA) is 46.2 Å². The minimum absolute atomic E-state index is 0.164. The van der Waals surface area contributed by atoms with Crippen molar-refractivity contribution in [1.29, 1.82) is 0 Å². The number of para-hydroxylation sites is 1.